The van der Waals surface area contributed by atoms with Crippen molar-refractivity contribution in [2.45, 2.75) is 0 Å². The van der Waals surface area contributed by atoms with E-state index in [1.807, 2.05) is 0 Å². The predicted molar refractivity (Wildman–Crippen MR) is 95.8 cm³/mol. The fourth-order valence-corrected chi connectivity index (χ4v) is 2.31. The maximum Gasteiger partial charge on any atom is 0.277 e. The summed E-state index contributed by atoms with van der Waals surface area (Å²) in [6, 6.07) is 8.46. The number of non-ortho nitro benzene ring substituents is 1. The number of carbonyl (C=O) groups excluding carboxylic acids is 1. The monoisotopic (exact) mass is 401 g/mol. The van der Waals surface area contributed by atoms with E-state index in [4.69, 9.17) is 39.5 Å². The lowest BCUT2D eigenvalue weighted by atomic mass is 10.2. The van der Waals surface area contributed by atoms with E-state index in [1.165, 1.54) is 36.5 Å². The van der Waals surface area contributed by atoms with Gasteiger partial charge in [0, 0.05) is 27.7 Å². The Hall–Kier alpha value is -2.35. The molecule has 1 amide bonds. The normalized spacial score (nSPS) is 10.7. The molecule has 130 valence electrons. The molecule has 0 aliphatic rings. The van der Waals surface area contributed by atoms with Crippen molar-refractivity contribution < 1.29 is 14.5 Å². The SMILES string of the molecule is O=C(COc1ccc(Cl)cc1Cl)N/N=C/c1cc([N+](=O)[O-])ccc1Cl. The maximum absolute atomic E-state index is 11.7. The molecule has 0 unspecified atom stereocenters. The molecular weight excluding hydrogens is 393 g/mol. The van der Waals surface area contributed by atoms with Crippen LogP contribution in [0.25, 0.3) is 0 Å². The quantitative estimate of drug-likeness (QED) is 0.447. The molecule has 0 aromatic heterocycles. The number of ether oxygens (including phenoxy) is 1. The molecule has 0 spiro atoms. The van der Waals surface area contributed by atoms with Crippen LogP contribution in [0.5, 0.6) is 5.75 Å². The minimum absolute atomic E-state index is 0.141. The molecule has 0 radical (unpaired) electrons. The number of hydrogen-bond acceptors (Lipinski definition) is 5. The molecule has 0 heterocycles. The van der Waals surface area contributed by atoms with Gasteiger partial charge < -0.3 is 4.74 Å². The summed E-state index contributed by atoms with van der Waals surface area (Å²) in [7, 11) is 0. The molecule has 0 atom stereocenters. The van der Waals surface area contributed by atoms with Gasteiger partial charge >= 0.3 is 0 Å². The second-order valence-corrected chi connectivity index (χ2v) is 5.87. The molecule has 7 nitrogen and oxygen atoms in total. The van der Waals surface area contributed by atoms with Gasteiger partial charge in [-0.25, -0.2) is 5.43 Å². The van der Waals surface area contributed by atoms with Crippen LogP contribution in [-0.4, -0.2) is 23.7 Å². The van der Waals surface area contributed by atoms with Crippen LogP contribution in [0.2, 0.25) is 15.1 Å². The third kappa shape index (κ3) is 5.60. The van der Waals surface area contributed by atoms with Gasteiger partial charge in [-0.15, -0.1) is 0 Å². The van der Waals surface area contributed by atoms with Gasteiger partial charge in [0.25, 0.3) is 11.6 Å². The van der Waals surface area contributed by atoms with Gasteiger partial charge in [-0.3, -0.25) is 14.9 Å². The first-order valence-corrected chi connectivity index (χ1v) is 7.84. The van der Waals surface area contributed by atoms with E-state index in [0.29, 0.717) is 10.8 Å². The topological polar surface area (TPSA) is 93.8 Å². The van der Waals surface area contributed by atoms with Crippen LogP contribution in [0, 0.1) is 10.1 Å². The number of nitro groups is 1. The predicted octanol–water partition coefficient (Wildman–Crippen LogP) is 4.08. The van der Waals surface area contributed by atoms with Crippen molar-refractivity contribution in [3.05, 3.63) is 67.1 Å². The zero-order valence-electron chi connectivity index (χ0n) is 12.4. The molecule has 0 aliphatic heterocycles. The van der Waals surface area contributed by atoms with Crippen molar-refractivity contribution in [1.82, 2.24) is 5.43 Å². The highest BCUT2D eigenvalue weighted by atomic mass is 35.5. The van der Waals surface area contributed by atoms with Crippen molar-refractivity contribution in [2.75, 3.05) is 6.61 Å². The average molecular weight is 403 g/mol. The smallest absolute Gasteiger partial charge is 0.277 e. The van der Waals surface area contributed by atoms with E-state index < -0.39 is 10.8 Å². The van der Waals surface area contributed by atoms with E-state index in [0.717, 1.165) is 0 Å². The number of amides is 1. The number of halogens is 3. The van der Waals surface area contributed by atoms with Gasteiger partial charge in [0.1, 0.15) is 5.75 Å². The Morgan fingerprint density at radius 1 is 1.20 bits per heavy atom. The highest BCUT2D eigenvalue weighted by molar-refractivity contribution is 6.35. The van der Waals surface area contributed by atoms with Crippen molar-refractivity contribution >= 4 is 52.6 Å². The number of carbonyl (C=O) groups is 1. The lowest BCUT2D eigenvalue weighted by molar-refractivity contribution is -0.384. The summed E-state index contributed by atoms with van der Waals surface area (Å²) in [6.07, 6.45) is 1.20. The summed E-state index contributed by atoms with van der Waals surface area (Å²) >= 11 is 17.6. The number of nitrogens with one attached hydrogen (secondary N) is 1. The third-order valence-electron chi connectivity index (χ3n) is 2.84. The summed E-state index contributed by atoms with van der Waals surface area (Å²) in [5, 5.41) is 15.4. The molecular formula is C15H10Cl3N3O4. The van der Waals surface area contributed by atoms with Crippen LogP contribution < -0.4 is 10.2 Å². The first-order valence-electron chi connectivity index (χ1n) is 6.70. The van der Waals surface area contributed by atoms with Crippen LogP contribution >= 0.6 is 34.8 Å². The van der Waals surface area contributed by atoms with Crippen LogP contribution in [0.1, 0.15) is 5.56 Å². The Morgan fingerprint density at radius 3 is 2.64 bits per heavy atom. The third-order valence-corrected chi connectivity index (χ3v) is 3.71. The minimum Gasteiger partial charge on any atom is -0.482 e. The second kappa shape index (κ2) is 8.66. The fraction of sp³-hybridized carbons (Fsp3) is 0.0667. The number of nitro benzene ring substituents is 1. The van der Waals surface area contributed by atoms with Gasteiger partial charge in [0.05, 0.1) is 16.2 Å². The molecule has 0 aliphatic carbocycles. The fourth-order valence-electron chi connectivity index (χ4n) is 1.69. The summed E-state index contributed by atoms with van der Waals surface area (Å²) in [5.41, 5.74) is 2.36. The van der Waals surface area contributed by atoms with E-state index >= 15 is 0 Å². The molecule has 25 heavy (non-hydrogen) atoms. The maximum atomic E-state index is 11.7. The van der Waals surface area contributed by atoms with Crippen LogP contribution in [-0.2, 0) is 4.79 Å². The molecule has 1 N–H and O–H groups in total. The van der Waals surface area contributed by atoms with Gasteiger partial charge in [0.2, 0.25) is 0 Å². The second-order valence-electron chi connectivity index (χ2n) is 4.62. The summed E-state index contributed by atoms with van der Waals surface area (Å²) < 4.78 is 5.24. The van der Waals surface area contributed by atoms with E-state index in [2.05, 4.69) is 10.5 Å². The minimum atomic E-state index is -0.560. The van der Waals surface area contributed by atoms with Gasteiger partial charge in [-0.1, -0.05) is 34.8 Å². The lowest BCUT2D eigenvalue weighted by Gasteiger charge is -2.07. The Bertz CT molecular complexity index is 843. The Morgan fingerprint density at radius 2 is 1.96 bits per heavy atom. The molecule has 0 saturated carbocycles. The average Bonchev–Trinajstić information content (AvgIpc) is 2.55. The first-order chi connectivity index (χ1) is 11.9. The molecule has 10 heteroatoms. The lowest BCUT2D eigenvalue weighted by Crippen LogP contribution is -2.24. The zero-order chi connectivity index (χ0) is 18.4. The highest BCUT2D eigenvalue weighted by Gasteiger charge is 2.09. The number of nitrogens with zero attached hydrogens (tertiary/aromatic N) is 2. The first kappa shape index (κ1) is 19.0. The molecule has 2 aromatic carbocycles. The number of hydrazone groups is 1. The summed E-state index contributed by atoms with van der Waals surface area (Å²) in [6.45, 7) is -0.332. The Kier molecular flexibility index (Phi) is 6.58. The largest absolute Gasteiger partial charge is 0.482 e. The van der Waals surface area contributed by atoms with E-state index in [9.17, 15) is 14.9 Å². The van der Waals surface area contributed by atoms with Gasteiger partial charge in [0.15, 0.2) is 6.61 Å². The number of hydrogen-bond donors (Lipinski definition) is 1. The van der Waals surface area contributed by atoms with Gasteiger partial charge in [-0.05, 0) is 24.3 Å². The van der Waals surface area contributed by atoms with E-state index in [-0.39, 0.29) is 27.9 Å². The highest BCUT2D eigenvalue weighted by Crippen LogP contribution is 2.27. The van der Waals surface area contributed by atoms with Crippen LogP contribution in [0.15, 0.2) is 41.5 Å². The summed E-state index contributed by atoms with van der Waals surface area (Å²) in [4.78, 5) is 21.9. The van der Waals surface area contributed by atoms with Gasteiger partial charge in [-0.2, -0.15) is 5.10 Å². The molecule has 2 rings (SSSR count). The Labute approximate surface area is 157 Å². The van der Waals surface area contributed by atoms with Crippen LogP contribution in [0.4, 0.5) is 5.69 Å². The summed E-state index contributed by atoms with van der Waals surface area (Å²) in [5.74, 6) is -0.254. The molecule has 0 bridgehead atoms. The molecule has 0 fully saturated rings. The Balaban J connectivity index is 1.92. The number of rotatable bonds is 6. The van der Waals surface area contributed by atoms with Crippen molar-refractivity contribution in [1.29, 1.82) is 0 Å². The standard InChI is InChI=1S/C15H10Cl3N3O4/c16-10-1-4-14(13(18)6-10)25-8-15(22)20-19-7-9-5-11(21(23)24)2-3-12(9)17/h1-7H,8H2,(H,20,22)/b19-7+. The van der Waals surface area contributed by atoms with E-state index in [1.54, 1.807) is 6.07 Å². The van der Waals surface area contributed by atoms with Crippen LogP contribution in [0.3, 0.4) is 0 Å². The van der Waals surface area contributed by atoms with Crippen molar-refractivity contribution in [3.8, 4) is 5.75 Å². The van der Waals surface area contributed by atoms with Crippen molar-refractivity contribution in [2.24, 2.45) is 5.10 Å². The zero-order valence-corrected chi connectivity index (χ0v) is 14.7. The van der Waals surface area contributed by atoms with Crippen molar-refractivity contribution in [3.63, 3.8) is 0 Å². The molecule has 0 saturated heterocycles. The molecule has 2 aromatic rings. The number of benzene rings is 2.